The average Bonchev–Trinajstić information content (AvgIpc) is 2.26. The largest absolute Gasteiger partial charge is 0.480 e. The lowest BCUT2D eigenvalue weighted by atomic mass is 10.1. The van der Waals surface area contributed by atoms with Gasteiger partial charge in [-0.05, 0) is 30.5 Å². The minimum absolute atomic E-state index is 0.323. The van der Waals surface area contributed by atoms with Crippen LogP contribution < -0.4 is 5.73 Å². The molecule has 5 heteroatoms. The first-order valence-corrected chi connectivity index (χ1v) is 5.18. The molecule has 15 heavy (non-hydrogen) atoms. The summed E-state index contributed by atoms with van der Waals surface area (Å²) in [5.41, 5.74) is 6.55. The van der Waals surface area contributed by atoms with Crippen molar-refractivity contribution in [2.24, 2.45) is 5.73 Å². The Bertz CT molecular complexity index is 318. The van der Waals surface area contributed by atoms with Gasteiger partial charge in [0.25, 0.3) is 0 Å². The van der Waals surface area contributed by atoms with Crippen LogP contribution in [0.2, 0.25) is 0 Å². The zero-order valence-corrected chi connectivity index (χ0v) is 9.10. The number of hydrogen-bond acceptors (Lipinski definition) is 4. The molecule has 0 aromatic carbocycles. The van der Waals surface area contributed by atoms with Crippen LogP contribution >= 0.6 is 12.6 Å². The highest BCUT2D eigenvalue weighted by atomic mass is 32.1. The molecular weight excluding hydrogens is 212 g/mol. The predicted molar refractivity (Wildman–Crippen MR) is 60.9 cm³/mol. The van der Waals surface area contributed by atoms with Gasteiger partial charge in [0.1, 0.15) is 6.04 Å². The molecule has 0 spiro atoms. The molecule has 3 N–H and O–H groups in total. The van der Waals surface area contributed by atoms with E-state index in [1.807, 2.05) is 12.1 Å². The van der Waals surface area contributed by atoms with Gasteiger partial charge in [0.15, 0.2) is 0 Å². The normalized spacial score (nSPS) is 14.5. The number of aryl methyl sites for hydroxylation is 1. The Morgan fingerprint density at radius 1 is 1.53 bits per heavy atom. The molecule has 0 saturated heterocycles. The summed E-state index contributed by atoms with van der Waals surface area (Å²) in [4.78, 5) is 14.5. The number of aliphatic carboxylic acids is 1. The third kappa shape index (κ3) is 3.89. The Balaban J connectivity index is 2.41. The zero-order chi connectivity index (χ0) is 11.3. The summed E-state index contributed by atoms with van der Waals surface area (Å²) < 4.78 is 0. The lowest BCUT2D eigenvalue weighted by Crippen LogP contribution is -2.39. The SMILES string of the molecule is N[C@H](C(=O)O)[C@@H](S)CCc1ccncc1. The first kappa shape index (κ1) is 12.0. The second-order valence-corrected chi connectivity index (χ2v) is 3.99. The van der Waals surface area contributed by atoms with E-state index in [0.717, 1.165) is 12.0 Å². The number of carboxylic acid groups (broad SMARTS) is 1. The number of hydrogen-bond donors (Lipinski definition) is 3. The van der Waals surface area contributed by atoms with E-state index < -0.39 is 12.0 Å². The van der Waals surface area contributed by atoms with Crippen LogP contribution in [0.5, 0.6) is 0 Å². The molecule has 0 aliphatic rings. The monoisotopic (exact) mass is 226 g/mol. The minimum Gasteiger partial charge on any atom is -0.480 e. The number of aromatic nitrogens is 1. The maximum atomic E-state index is 10.6. The van der Waals surface area contributed by atoms with Gasteiger partial charge in [-0.2, -0.15) is 12.6 Å². The molecule has 0 saturated carbocycles. The average molecular weight is 226 g/mol. The summed E-state index contributed by atoms with van der Waals surface area (Å²) in [6, 6.07) is 2.88. The van der Waals surface area contributed by atoms with E-state index in [2.05, 4.69) is 17.6 Å². The second kappa shape index (κ2) is 5.72. The Labute approximate surface area is 93.9 Å². The maximum absolute atomic E-state index is 10.6. The Morgan fingerprint density at radius 3 is 2.67 bits per heavy atom. The Hall–Kier alpha value is -1.07. The van der Waals surface area contributed by atoms with Crippen molar-refractivity contribution in [1.82, 2.24) is 4.98 Å². The van der Waals surface area contributed by atoms with E-state index in [1.54, 1.807) is 12.4 Å². The van der Waals surface area contributed by atoms with E-state index in [4.69, 9.17) is 10.8 Å². The molecule has 4 nitrogen and oxygen atoms in total. The molecule has 1 heterocycles. The number of carbonyl (C=O) groups is 1. The molecule has 1 aromatic rings. The van der Waals surface area contributed by atoms with Crippen molar-refractivity contribution in [1.29, 1.82) is 0 Å². The van der Waals surface area contributed by atoms with Gasteiger partial charge in [-0.1, -0.05) is 0 Å². The van der Waals surface area contributed by atoms with Crippen molar-refractivity contribution in [3.8, 4) is 0 Å². The van der Waals surface area contributed by atoms with Gasteiger partial charge >= 0.3 is 5.97 Å². The van der Waals surface area contributed by atoms with Gasteiger partial charge in [0, 0.05) is 17.6 Å². The quantitative estimate of drug-likeness (QED) is 0.647. The van der Waals surface area contributed by atoms with Gasteiger partial charge in [0.2, 0.25) is 0 Å². The molecule has 0 aliphatic carbocycles. The van der Waals surface area contributed by atoms with Crippen LogP contribution in [0.4, 0.5) is 0 Å². The molecule has 0 radical (unpaired) electrons. The number of pyridine rings is 1. The summed E-state index contributed by atoms with van der Waals surface area (Å²) in [5.74, 6) is -1.01. The number of nitrogens with two attached hydrogens (primary N) is 1. The summed E-state index contributed by atoms with van der Waals surface area (Å²) in [7, 11) is 0. The molecular formula is C10H14N2O2S. The highest BCUT2D eigenvalue weighted by Crippen LogP contribution is 2.10. The topological polar surface area (TPSA) is 76.2 Å². The molecule has 0 bridgehead atoms. The molecule has 0 aliphatic heterocycles. The smallest absolute Gasteiger partial charge is 0.321 e. The highest BCUT2D eigenvalue weighted by molar-refractivity contribution is 7.81. The van der Waals surface area contributed by atoms with E-state index in [9.17, 15) is 4.79 Å². The number of rotatable bonds is 5. The van der Waals surface area contributed by atoms with Gasteiger partial charge in [-0.3, -0.25) is 9.78 Å². The number of carboxylic acids is 1. The molecule has 82 valence electrons. The Kier molecular flexibility index (Phi) is 4.58. The van der Waals surface area contributed by atoms with Crippen LogP contribution in [-0.2, 0) is 11.2 Å². The van der Waals surface area contributed by atoms with Crippen molar-refractivity contribution in [3.05, 3.63) is 30.1 Å². The fourth-order valence-corrected chi connectivity index (χ4v) is 1.46. The number of thiol groups is 1. The van der Waals surface area contributed by atoms with Crippen molar-refractivity contribution in [2.75, 3.05) is 0 Å². The van der Waals surface area contributed by atoms with Gasteiger partial charge in [-0.25, -0.2) is 0 Å². The van der Waals surface area contributed by atoms with Crippen molar-refractivity contribution >= 4 is 18.6 Å². The molecule has 1 aromatic heterocycles. The van der Waals surface area contributed by atoms with Gasteiger partial charge < -0.3 is 10.8 Å². The summed E-state index contributed by atoms with van der Waals surface area (Å²) >= 11 is 4.17. The molecule has 0 unspecified atom stereocenters. The van der Waals surface area contributed by atoms with Crippen LogP contribution in [0.25, 0.3) is 0 Å². The number of nitrogens with zero attached hydrogens (tertiary/aromatic N) is 1. The van der Waals surface area contributed by atoms with E-state index in [1.165, 1.54) is 0 Å². The summed E-state index contributed by atoms with van der Waals surface area (Å²) in [6.45, 7) is 0. The zero-order valence-electron chi connectivity index (χ0n) is 8.21. The van der Waals surface area contributed by atoms with Crippen LogP contribution in [0.3, 0.4) is 0 Å². The minimum atomic E-state index is -1.01. The molecule has 0 fully saturated rings. The Morgan fingerprint density at radius 2 is 2.13 bits per heavy atom. The first-order chi connectivity index (χ1) is 7.11. The van der Waals surface area contributed by atoms with Crippen LogP contribution in [0.15, 0.2) is 24.5 Å². The third-order valence-corrected chi connectivity index (χ3v) is 2.76. The van der Waals surface area contributed by atoms with Crippen molar-refractivity contribution in [2.45, 2.75) is 24.1 Å². The molecule has 2 atom stereocenters. The predicted octanol–water partition coefficient (Wildman–Crippen LogP) is 0.724. The van der Waals surface area contributed by atoms with Crippen LogP contribution in [-0.4, -0.2) is 27.4 Å². The lowest BCUT2D eigenvalue weighted by Gasteiger charge is -2.14. The van der Waals surface area contributed by atoms with E-state index >= 15 is 0 Å². The lowest BCUT2D eigenvalue weighted by molar-refractivity contribution is -0.138. The fourth-order valence-electron chi connectivity index (χ4n) is 1.21. The van der Waals surface area contributed by atoms with Gasteiger partial charge in [-0.15, -0.1) is 0 Å². The van der Waals surface area contributed by atoms with Crippen LogP contribution in [0.1, 0.15) is 12.0 Å². The van der Waals surface area contributed by atoms with E-state index in [-0.39, 0.29) is 5.25 Å². The summed E-state index contributed by atoms with van der Waals surface area (Å²) in [5, 5.41) is 8.34. The van der Waals surface area contributed by atoms with Crippen molar-refractivity contribution in [3.63, 3.8) is 0 Å². The third-order valence-electron chi connectivity index (χ3n) is 2.18. The van der Waals surface area contributed by atoms with Gasteiger partial charge in [0.05, 0.1) is 0 Å². The fraction of sp³-hybridized carbons (Fsp3) is 0.400. The van der Waals surface area contributed by atoms with Crippen LogP contribution in [0, 0.1) is 0 Å². The second-order valence-electron chi connectivity index (χ2n) is 3.33. The molecule has 0 amide bonds. The summed E-state index contributed by atoms with van der Waals surface area (Å²) in [6.07, 6.45) is 4.82. The van der Waals surface area contributed by atoms with Crippen molar-refractivity contribution < 1.29 is 9.90 Å². The first-order valence-electron chi connectivity index (χ1n) is 4.66. The standard InChI is InChI=1S/C10H14N2O2S/c11-9(10(13)14)8(15)2-1-7-3-5-12-6-4-7/h3-6,8-9,15H,1-2,11H2,(H,13,14)/t8-,9-/m0/s1. The maximum Gasteiger partial charge on any atom is 0.321 e. The van der Waals surface area contributed by atoms with E-state index in [0.29, 0.717) is 6.42 Å². The highest BCUT2D eigenvalue weighted by Gasteiger charge is 2.20. The molecule has 1 rings (SSSR count).